The summed E-state index contributed by atoms with van der Waals surface area (Å²) < 4.78 is 5.32. The Labute approximate surface area is 91.5 Å². The van der Waals surface area contributed by atoms with Crippen LogP contribution in [0.1, 0.15) is 33.1 Å². The standard InChI is InChI=1S/C11H22N2O2/c1-8(7-11(12)14)13-9(2)10-3-5-15-6-4-10/h8-10,13H,3-7H2,1-2H3,(H2,12,14). The molecule has 1 fully saturated rings. The predicted octanol–water partition coefficient (Wildman–Crippen LogP) is 0.655. The molecule has 2 unspecified atom stereocenters. The van der Waals surface area contributed by atoms with E-state index in [0.717, 1.165) is 26.1 Å². The molecule has 0 aromatic rings. The highest BCUT2D eigenvalue weighted by atomic mass is 16.5. The Morgan fingerprint density at radius 1 is 1.47 bits per heavy atom. The molecule has 15 heavy (non-hydrogen) atoms. The zero-order chi connectivity index (χ0) is 11.3. The second-order valence-corrected chi connectivity index (χ2v) is 4.48. The molecule has 1 aliphatic heterocycles. The van der Waals surface area contributed by atoms with Gasteiger partial charge in [0.25, 0.3) is 0 Å². The van der Waals surface area contributed by atoms with Crippen LogP contribution in [-0.4, -0.2) is 31.2 Å². The molecule has 1 amide bonds. The van der Waals surface area contributed by atoms with Crippen LogP contribution in [0, 0.1) is 5.92 Å². The summed E-state index contributed by atoms with van der Waals surface area (Å²) in [6.07, 6.45) is 2.63. The van der Waals surface area contributed by atoms with Gasteiger partial charge in [-0.05, 0) is 32.6 Å². The Bertz CT molecular complexity index is 203. The van der Waals surface area contributed by atoms with Gasteiger partial charge in [-0.2, -0.15) is 0 Å². The van der Waals surface area contributed by atoms with Gasteiger partial charge in [-0.1, -0.05) is 0 Å². The number of amides is 1. The lowest BCUT2D eigenvalue weighted by Gasteiger charge is -2.30. The van der Waals surface area contributed by atoms with Crippen molar-refractivity contribution < 1.29 is 9.53 Å². The van der Waals surface area contributed by atoms with Crippen LogP contribution >= 0.6 is 0 Å². The minimum absolute atomic E-state index is 0.167. The van der Waals surface area contributed by atoms with E-state index in [4.69, 9.17) is 10.5 Å². The molecule has 1 heterocycles. The molecule has 1 rings (SSSR count). The zero-order valence-electron chi connectivity index (χ0n) is 9.66. The lowest BCUT2D eigenvalue weighted by molar-refractivity contribution is -0.118. The summed E-state index contributed by atoms with van der Waals surface area (Å²) in [5, 5.41) is 3.42. The van der Waals surface area contributed by atoms with Crippen molar-refractivity contribution in [2.75, 3.05) is 13.2 Å². The van der Waals surface area contributed by atoms with Crippen molar-refractivity contribution in [3.63, 3.8) is 0 Å². The van der Waals surface area contributed by atoms with Crippen LogP contribution in [-0.2, 0) is 9.53 Å². The van der Waals surface area contributed by atoms with Crippen LogP contribution in [0.25, 0.3) is 0 Å². The second kappa shape index (κ2) is 6.08. The van der Waals surface area contributed by atoms with E-state index in [0.29, 0.717) is 18.4 Å². The first-order chi connectivity index (χ1) is 7.09. The smallest absolute Gasteiger partial charge is 0.218 e. The van der Waals surface area contributed by atoms with E-state index in [9.17, 15) is 4.79 Å². The molecule has 4 heteroatoms. The Morgan fingerprint density at radius 3 is 2.60 bits per heavy atom. The highest BCUT2D eigenvalue weighted by Gasteiger charge is 2.21. The summed E-state index contributed by atoms with van der Waals surface area (Å²) >= 11 is 0. The lowest BCUT2D eigenvalue weighted by atomic mass is 9.92. The van der Waals surface area contributed by atoms with E-state index in [2.05, 4.69) is 12.2 Å². The molecule has 1 aliphatic rings. The third-order valence-corrected chi connectivity index (χ3v) is 3.03. The monoisotopic (exact) mass is 214 g/mol. The molecule has 3 N–H and O–H groups in total. The first-order valence-electron chi connectivity index (χ1n) is 5.71. The lowest BCUT2D eigenvalue weighted by Crippen LogP contribution is -2.42. The quantitative estimate of drug-likeness (QED) is 0.706. The number of carbonyl (C=O) groups excluding carboxylic acids is 1. The topological polar surface area (TPSA) is 64.4 Å². The van der Waals surface area contributed by atoms with Gasteiger partial charge in [-0.15, -0.1) is 0 Å². The van der Waals surface area contributed by atoms with Gasteiger partial charge in [0, 0.05) is 31.7 Å². The van der Waals surface area contributed by atoms with E-state index in [-0.39, 0.29) is 11.9 Å². The SMILES string of the molecule is CC(CC(N)=O)NC(C)C1CCOCC1. The van der Waals surface area contributed by atoms with Gasteiger partial charge >= 0.3 is 0 Å². The third kappa shape index (κ3) is 4.62. The van der Waals surface area contributed by atoms with Gasteiger partial charge in [0.05, 0.1) is 0 Å². The van der Waals surface area contributed by atoms with Gasteiger partial charge in [0.15, 0.2) is 0 Å². The van der Waals surface area contributed by atoms with Gasteiger partial charge in [-0.25, -0.2) is 0 Å². The van der Waals surface area contributed by atoms with Crippen molar-refractivity contribution in [3.8, 4) is 0 Å². The van der Waals surface area contributed by atoms with Crippen LogP contribution in [0.15, 0.2) is 0 Å². The Hall–Kier alpha value is -0.610. The Morgan fingerprint density at radius 2 is 2.07 bits per heavy atom. The van der Waals surface area contributed by atoms with Crippen molar-refractivity contribution in [3.05, 3.63) is 0 Å². The fourth-order valence-corrected chi connectivity index (χ4v) is 2.16. The third-order valence-electron chi connectivity index (χ3n) is 3.03. The first-order valence-corrected chi connectivity index (χ1v) is 5.71. The summed E-state index contributed by atoms with van der Waals surface area (Å²) in [6.45, 7) is 5.90. The molecule has 0 spiro atoms. The van der Waals surface area contributed by atoms with Crippen molar-refractivity contribution in [2.24, 2.45) is 11.7 Å². The largest absolute Gasteiger partial charge is 0.381 e. The summed E-state index contributed by atoms with van der Waals surface area (Å²) in [7, 11) is 0. The van der Waals surface area contributed by atoms with Gasteiger partial charge in [-0.3, -0.25) is 4.79 Å². The van der Waals surface area contributed by atoms with Crippen molar-refractivity contribution in [1.82, 2.24) is 5.32 Å². The van der Waals surface area contributed by atoms with E-state index >= 15 is 0 Å². The van der Waals surface area contributed by atoms with Crippen LogP contribution in [0.3, 0.4) is 0 Å². The maximum absolute atomic E-state index is 10.7. The molecule has 0 aliphatic carbocycles. The maximum Gasteiger partial charge on any atom is 0.218 e. The fourth-order valence-electron chi connectivity index (χ4n) is 2.16. The van der Waals surface area contributed by atoms with Crippen LogP contribution in [0.5, 0.6) is 0 Å². The molecular formula is C11H22N2O2. The van der Waals surface area contributed by atoms with Crippen molar-refractivity contribution >= 4 is 5.91 Å². The average molecular weight is 214 g/mol. The summed E-state index contributed by atoms with van der Waals surface area (Å²) in [5.74, 6) is 0.420. The highest BCUT2D eigenvalue weighted by Crippen LogP contribution is 2.18. The molecule has 4 nitrogen and oxygen atoms in total. The number of hydrogen-bond donors (Lipinski definition) is 2. The summed E-state index contributed by atoms with van der Waals surface area (Å²) in [6, 6.07) is 0.601. The number of nitrogens with one attached hydrogen (secondary N) is 1. The number of primary amides is 1. The van der Waals surface area contributed by atoms with E-state index in [1.807, 2.05) is 6.92 Å². The molecule has 1 saturated heterocycles. The zero-order valence-corrected chi connectivity index (χ0v) is 9.66. The molecule has 0 saturated carbocycles. The van der Waals surface area contributed by atoms with E-state index in [1.54, 1.807) is 0 Å². The highest BCUT2D eigenvalue weighted by molar-refractivity contribution is 5.74. The molecule has 0 bridgehead atoms. The Balaban J connectivity index is 2.26. The number of hydrogen-bond acceptors (Lipinski definition) is 3. The number of rotatable bonds is 5. The Kier molecular flexibility index (Phi) is 5.05. The van der Waals surface area contributed by atoms with Crippen molar-refractivity contribution in [2.45, 2.75) is 45.2 Å². The summed E-state index contributed by atoms with van der Waals surface area (Å²) in [4.78, 5) is 10.7. The minimum atomic E-state index is -0.242. The second-order valence-electron chi connectivity index (χ2n) is 4.48. The molecule has 2 atom stereocenters. The van der Waals surface area contributed by atoms with Gasteiger partial charge < -0.3 is 15.8 Å². The van der Waals surface area contributed by atoms with Gasteiger partial charge in [0.1, 0.15) is 0 Å². The number of nitrogens with two attached hydrogens (primary N) is 1. The van der Waals surface area contributed by atoms with E-state index < -0.39 is 0 Å². The molecule has 88 valence electrons. The normalized spacial score (nSPS) is 22.3. The molecule has 0 radical (unpaired) electrons. The molecule has 0 aromatic heterocycles. The van der Waals surface area contributed by atoms with Crippen LogP contribution < -0.4 is 11.1 Å². The average Bonchev–Trinajstić information content (AvgIpc) is 2.17. The molecular weight excluding hydrogens is 192 g/mol. The van der Waals surface area contributed by atoms with Gasteiger partial charge in [0.2, 0.25) is 5.91 Å². The van der Waals surface area contributed by atoms with Crippen molar-refractivity contribution in [1.29, 1.82) is 0 Å². The fraction of sp³-hybridized carbons (Fsp3) is 0.909. The predicted molar refractivity (Wildman–Crippen MR) is 59.4 cm³/mol. The number of ether oxygens (including phenoxy) is 1. The minimum Gasteiger partial charge on any atom is -0.381 e. The molecule has 0 aromatic carbocycles. The first kappa shape index (κ1) is 12.5. The van der Waals surface area contributed by atoms with E-state index in [1.165, 1.54) is 0 Å². The van der Waals surface area contributed by atoms with Crippen LogP contribution in [0.2, 0.25) is 0 Å². The maximum atomic E-state index is 10.7. The van der Waals surface area contributed by atoms with Crippen LogP contribution in [0.4, 0.5) is 0 Å². The summed E-state index contributed by atoms with van der Waals surface area (Å²) in [5.41, 5.74) is 5.15. The number of carbonyl (C=O) groups is 1.